The maximum absolute atomic E-state index is 12.4. The fourth-order valence-electron chi connectivity index (χ4n) is 3.71. The van der Waals surface area contributed by atoms with E-state index in [0.717, 1.165) is 62.0 Å². The molecule has 162 valence electrons. The van der Waals surface area contributed by atoms with E-state index in [1.54, 1.807) is 0 Å². The fourth-order valence-corrected chi connectivity index (χ4v) is 3.71. The molecule has 0 radical (unpaired) electrons. The summed E-state index contributed by atoms with van der Waals surface area (Å²) in [6.45, 7) is 7.74. The van der Waals surface area contributed by atoms with Crippen LogP contribution in [-0.2, 0) is 4.74 Å². The van der Waals surface area contributed by atoms with Crippen LogP contribution < -0.4 is 10.1 Å². The van der Waals surface area contributed by atoms with Crippen molar-refractivity contribution in [3.8, 4) is 5.88 Å². The second-order valence-corrected chi connectivity index (χ2v) is 9.36. The number of nitrogens with one attached hydrogen (secondary N) is 1. The van der Waals surface area contributed by atoms with Gasteiger partial charge in [0.25, 0.3) is 5.88 Å². The molecule has 2 aliphatic rings. The Morgan fingerprint density at radius 2 is 1.90 bits per heavy atom. The van der Waals surface area contributed by atoms with E-state index in [-0.39, 0.29) is 6.09 Å². The Labute approximate surface area is 178 Å². The molecule has 0 spiro atoms. The number of rotatable bonds is 6. The molecule has 7 nitrogen and oxygen atoms in total. The molecule has 2 fully saturated rings. The van der Waals surface area contributed by atoms with Crippen LogP contribution in [0.3, 0.4) is 0 Å². The normalized spacial score (nSPS) is 19.6. The third-order valence-electron chi connectivity index (χ3n) is 5.39. The maximum Gasteiger partial charge on any atom is 0.410 e. The summed E-state index contributed by atoms with van der Waals surface area (Å²) in [5.41, 5.74) is 1.24. The highest BCUT2D eigenvalue weighted by atomic mass is 16.6. The summed E-state index contributed by atoms with van der Waals surface area (Å²) in [6, 6.07) is 8.33. The van der Waals surface area contributed by atoms with Crippen LogP contribution in [0.4, 0.5) is 10.6 Å². The topological polar surface area (TPSA) is 76.6 Å². The van der Waals surface area contributed by atoms with Crippen LogP contribution >= 0.6 is 0 Å². The van der Waals surface area contributed by atoms with Gasteiger partial charge < -0.3 is 19.7 Å². The molecule has 1 aromatic heterocycles. The van der Waals surface area contributed by atoms with E-state index in [1.165, 1.54) is 0 Å². The van der Waals surface area contributed by atoms with Crippen LogP contribution in [-0.4, -0.2) is 52.3 Å². The van der Waals surface area contributed by atoms with Crippen LogP contribution in [0.2, 0.25) is 0 Å². The Morgan fingerprint density at radius 3 is 2.60 bits per heavy atom. The Bertz CT molecular complexity index is 892. The summed E-state index contributed by atoms with van der Waals surface area (Å²) in [6.07, 6.45) is 5.07. The Balaban J connectivity index is 1.35. The molecule has 0 bridgehead atoms. The Hall–Kier alpha value is -2.57. The molecule has 1 aromatic carbocycles. The minimum atomic E-state index is -0.465. The van der Waals surface area contributed by atoms with Crippen molar-refractivity contribution in [3.63, 3.8) is 0 Å². The van der Waals surface area contributed by atoms with Crippen molar-refractivity contribution in [2.45, 2.75) is 64.5 Å². The number of likely N-dealkylation sites (tertiary alicyclic amines) is 1. The van der Waals surface area contributed by atoms with Gasteiger partial charge >= 0.3 is 6.09 Å². The van der Waals surface area contributed by atoms with Gasteiger partial charge in [-0.1, -0.05) is 12.1 Å². The number of nitrogens with zero attached hydrogens (tertiary/aromatic N) is 3. The first-order valence-corrected chi connectivity index (χ1v) is 11.0. The molecule has 2 heterocycles. The summed E-state index contributed by atoms with van der Waals surface area (Å²) in [5, 5.41) is 3.44. The lowest BCUT2D eigenvalue weighted by Gasteiger charge is -2.34. The number of fused-ring (bicyclic) bond motifs is 1. The SMILES string of the molecule is CC(C)(C)OC(=O)N1CCC[C@@H](CCOc2nc3ccccc3nc2NC2CC2)C1. The summed E-state index contributed by atoms with van der Waals surface area (Å²) < 4.78 is 11.6. The average Bonchev–Trinajstić information content (AvgIpc) is 3.51. The standard InChI is InChI=1S/C23H32N4O3/c1-23(2,3)30-22(28)27-13-6-7-16(15-27)12-14-29-21-20(24-17-10-11-17)25-18-8-4-5-9-19(18)26-21/h4-5,8-9,16-17H,6-7,10-15H2,1-3H3,(H,24,25)/t16-/m0/s1. The molecule has 2 aromatic rings. The van der Waals surface area contributed by atoms with Crippen molar-refractivity contribution in [2.75, 3.05) is 25.0 Å². The van der Waals surface area contributed by atoms with E-state index in [9.17, 15) is 4.79 Å². The number of aromatic nitrogens is 2. The van der Waals surface area contributed by atoms with Gasteiger partial charge in [-0.2, -0.15) is 0 Å². The highest BCUT2D eigenvalue weighted by Gasteiger charge is 2.28. The van der Waals surface area contributed by atoms with Crippen LogP contribution in [0.1, 0.15) is 52.9 Å². The number of amides is 1. The van der Waals surface area contributed by atoms with Crippen molar-refractivity contribution < 1.29 is 14.3 Å². The number of hydrogen-bond acceptors (Lipinski definition) is 6. The quantitative estimate of drug-likeness (QED) is 0.746. The van der Waals surface area contributed by atoms with E-state index >= 15 is 0 Å². The zero-order valence-corrected chi connectivity index (χ0v) is 18.2. The number of carbonyl (C=O) groups is 1. The number of piperidine rings is 1. The number of hydrogen-bond donors (Lipinski definition) is 1. The van der Waals surface area contributed by atoms with E-state index in [1.807, 2.05) is 49.9 Å². The lowest BCUT2D eigenvalue weighted by atomic mass is 9.95. The van der Waals surface area contributed by atoms with Crippen molar-refractivity contribution >= 4 is 22.9 Å². The predicted molar refractivity (Wildman–Crippen MR) is 117 cm³/mol. The number of anilines is 1. The molecule has 1 saturated heterocycles. The Morgan fingerprint density at radius 1 is 1.17 bits per heavy atom. The first-order chi connectivity index (χ1) is 14.4. The number of ether oxygens (including phenoxy) is 2. The van der Waals surface area contributed by atoms with Crippen molar-refractivity contribution in [2.24, 2.45) is 5.92 Å². The monoisotopic (exact) mass is 412 g/mol. The van der Waals surface area contributed by atoms with E-state index < -0.39 is 5.60 Å². The molecule has 7 heteroatoms. The van der Waals surface area contributed by atoms with Gasteiger partial charge in [-0.15, -0.1) is 0 Å². The van der Waals surface area contributed by atoms with Gasteiger partial charge in [-0.3, -0.25) is 0 Å². The zero-order valence-electron chi connectivity index (χ0n) is 18.2. The highest BCUT2D eigenvalue weighted by molar-refractivity contribution is 5.77. The second kappa shape index (κ2) is 8.66. The number of benzene rings is 1. The molecule has 1 atom stereocenters. The van der Waals surface area contributed by atoms with Crippen LogP contribution in [0, 0.1) is 5.92 Å². The summed E-state index contributed by atoms with van der Waals surface area (Å²) in [4.78, 5) is 23.6. The van der Waals surface area contributed by atoms with Gasteiger partial charge in [0.15, 0.2) is 5.82 Å². The summed E-state index contributed by atoms with van der Waals surface area (Å²) in [5.74, 6) is 1.70. The summed E-state index contributed by atoms with van der Waals surface area (Å²) >= 11 is 0. The smallest absolute Gasteiger partial charge is 0.410 e. The predicted octanol–water partition coefficient (Wildman–Crippen LogP) is 4.62. The largest absolute Gasteiger partial charge is 0.475 e. The summed E-state index contributed by atoms with van der Waals surface area (Å²) in [7, 11) is 0. The van der Waals surface area contributed by atoms with Gasteiger partial charge in [0, 0.05) is 19.1 Å². The van der Waals surface area contributed by atoms with Crippen LogP contribution in [0.5, 0.6) is 5.88 Å². The molecule has 30 heavy (non-hydrogen) atoms. The third kappa shape index (κ3) is 5.52. The van der Waals surface area contributed by atoms with Gasteiger partial charge in [0.05, 0.1) is 17.6 Å². The van der Waals surface area contributed by atoms with Crippen molar-refractivity contribution in [1.29, 1.82) is 0 Å². The number of para-hydroxylation sites is 2. The van der Waals surface area contributed by atoms with Gasteiger partial charge in [-0.05, 0) is 70.9 Å². The van der Waals surface area contributed by atoms with Gasteiger partial charge in [0.2, 0.25) is 0 Å². The van der Waals surface area contributed by atoms with Gasteiger partial charge in [-0.25, -0.2) is 14.8 Å². The molecule has 1 amide bonds. The number of carbonyl (C=O) groups excluding carboxylic acids is 1. The lowest BCUT2D eigenvalue weighted by Crippen LogP contribution is -2.43. The van der Waals surface area contributed by atoms with E-state index in [2.05, 4.69) is 5.32 Å². The molecular formula is C23H32N4O3. The Kier molecular flexibility index (Phi) is 5.97. The lowest BCUT2D eigenvalue weighted by molar-refractivity contribution is 0.0154. The molecule has 0 unspecified atom stereocenters. The molecular weight excluding hydrogens is 380 g/mol. The van der Waals surface area contributed by atoms with Gasteiger partial charge in [0.1, 0.15) is 5.60 Å². The van der Waals surface area contributed by atoms with Crippen LogP contribution in [0.25, 0.3) is 11.0 Å². The maximum atomic E-state index is 12.4. The van der Waals surface area contributed by atoms with Crippen LogP contribution in [0.15, 0.2) is 24.3 Å². The molecule has 1 aliphatic carbocycles. The van der Waals surface area contributed by atoms with Crippen molar-refractivity contribution in [1.82, 2.24) is 14.9 Å². The molecule has 1 saturated carbocycles. The third-order valence-corrected chi connectivity index (χ3v) is 5.39. The minimum Gasteiger partial charge on any atom is -0.475 e. The first-order valence-electron chi connectivity index (χ1n) is 11.0. The molecule has 1 N–H and O–H groups in total. The highest BCUT2D eigenvalue weighted by Crippen LogP contribution is 2.30. The average molecular weight is 413 g/mol. The van der Waals surface area contributed by atoms with Crippen molar-refractivity contribution in [3.05, 3.63) is 24.3 Å². The fraction of sp³-hybridized carbons (Fsp3) is 0.609. The molecule has 4 rings (SSSR count). The molecule has 1 aliphatic heterocycles. The van der Waals surface area contributed by atoms with E-state index in [4.69, 9.17) is 19.4 Å². The zero-order chi connectivity index (χ0) is 21.1. The van der Waals surface area contributed by atoms with E-state index in [0.29, 0.717) is 24.4 Å². The first kappa shape index (κ1) is 20.7. The minimum absolute atomic E-state index is 0.218. The second-order valence-electron chi connectivity index (χ2n) is 9.36.